The van der Waals surface area contributed by atoms with Crippen molar-refractivity contribution in [2.24, 2.45) is 0 Å². The third-order valence-corrected chi connectivity index (χ3v) is 1.90. The Kier molecular flexibility index (Phi) is 3.83. The Labute approximate surface area is 76.8 Å². The zero-order valence-electron chi connectivity index (χ0n) is 7.56. The molecule has 0 aliphatic heterocycles. The van der Waals surface area contributed by atoms with E-state index < -0.39 is 6.43 Å². The van der Waals surface area contributed by atoms with Crippen LogP contribution >= 0.6 is 0 Å². The van der Waals surface area contributed by atoms with E-state index in [2.05, 4.69) is 5.32 Å². The Bertz CT molecular complexity index is 244. The predicted octanol–water partition coefficient (Wildman–Crippen LogP) is 2.39. The Morgan fingerprint density at radius 1 is 1.23 bits per heavy atom. The highest BCUT2D eigenvalue weighted by atomic mass is 19.3. The van der Waals surface area contributed by atoms with Crippen molar-refractivity contribution >= 4 is 0 Å². The molecule has 1 rings (SSSR count). The number of nitrogens with one attached hydrogen (secondary N) is 1. The molecule has 72 valence electrons. The van der Waals surface area contributed by atoms with Gasteiger partial charge in [-0.2, -0.15) is 0 Å². The van der Waals surface area contributed by atoms with Gasteiger partial charge in [-0.1, -0.05) is 24.3 Å². The van der Waals surface area contributed by atoms with Gasteiger partial charge in [0.25, 0.3) is 6.43 Å². The molecule has 0 atom stereocenters. The molecule has 0 saturated heterocycles. The highest BCUT2D eigenvalue weighted by molar-refractivity contribution is 5.23. The summed E-state index contributed by atoms with van der Waals surface area (Å²) < 4.78 is 24.3. The molecule has 1 aromatic rings. The van der Waals surface area contributed by atoms with Crippen molar-refractivity contribution in [3.63, 3.8) is 0 Å². The van der Waals surface area contributed by atoms with E-state index in [0.29, 0.717) is 0 Å². The van der Waals surface area contributed by atoms with Gasteiger partial charge in [0.05, 0.1) is 0 Å². The number of hydrogen-bond acceptors (Lipinski definition) is 1. The first kappa shape index (κ1) is 10.1. The van der Waals surface area contributed by atoms with Gasteiger partial charge in [-0.15, -0.1) is 0 Å². The summed E-state index contributed by atoms with van der Waals surface area (Å²) in [7, 11) is 1.87. The number of likely N-dealkylation sites (N-methyl/N-ethyl adjacent to an activating group) is 1. The SMILES string of the molecule is CNCCc1ccc(C(F)F)cc1. The van der Waals surface area contributed by atoms with E-state index in [-0.39, 0.29) is 5.56 Å². The smallest absolute Gasteiger partial charge is 0.263 e. The summed E-state index contributed by atoms with van der Waals surface area (Å²) in [6, 6.07) is 6.46. The Hall–Kier alpha value is -0.960. The zero-order valence-corrected chi connectivity index (χ0v) is 7.56. The number of hydrogen-bond donors (Lipinski definition) is 1. The lowest BCUT2D eigenvalue weighted by Gasteiger charge is -2.02. The minimum Gasteiger partial charge on any atom is -0.319 e. The van der Waals surface area contributed by atoms with E-state index in [1.54, 1.807) is 12.1 Å². The number of halogens is 2. The molecule has 13 heavy (non-hydrogen) atoms. The highest BCUT2D eigenvalue weighted by Gasteiger charge is 2.05. The van der Waals surface area contributed by atoms with Crippen LogP contribution in [0.3, 0.4) is 0 Å². The standard InChI is InChI=1S/C10H13F2N/c1-13-7-6-8-2-4-9(5-3-8)10(11)12/h2-5,10,13H,6-7H2,1H3. The second-order valence-corrected chi connectivity index (χ2v) is 2.90. The van der Waals surface area contributed by atoms with Gasteiger partial charge in [-0.25, -0.2) is 8.78 Å². The summed E-state index contributed by atoms with van der Waals surface area (Å²) >= 11 is 0. The van der Waals surface area contributed by atoms with Crippen LogP contribution in [0.15, 0.2) is 24.3 Å². The van der Waals surface area contributed by atoms with E-state index >= 15 is 0 Å². The van der Waals surface area contributed by atoms with Crippen molar-refractivity contribution in [2.75, 3.05) is 13.6 Å². The van der Waals surface area contributed by atoms with E-state index in [4.69, 9.17) is 0 Å². The molecule has 1 nitrogen and oxygen atoms in total. The molecule has 0 bridgehead atoms. The molecule has 0 aliphatic rings. The van der Waals surface area contributed by atoms with Gasteiger partial charge in [0, 0.05) is 5.56 Å². The number of benzene rings is 1. The van der Waals surface area contributed by atoms with Crippen LogP contribution in [-0.4, -0.2) is 13.6 Å². The minimum absolute atomic E-state index is 0.0909. The van der Waals surface area contributed by atoms with Gasteiger partial charge < -0.3 is 5.32 Å². The molecule has 0 spiro atoms. The van der Waals surface area contributed by atoms with Gasteiger partial charge in [0.2, 0.25) is 0 Å². The van der Waals surface area contributed by atoms with Crippen molar-refractivity contribution in [3.05, 3.63) is 35.4 Å². The first-order chi connectivity index (χ1) is 6.24. The molecular weight excluding hydrogens is 172 g/mol. The monoisotopic (exact) mass is 185 g/mol. The maximum Gasteiger partial charge on any atom is 0.263 e. The molecule has 1 N–H and O–H groups in total. The van der Waals surface area contributed by atoms with E-state index in [1.165, 1.54) is 12.1 Å². The maximum absolute atomic E-state index is 12.1. The van der Waals surface area contributed by atoms with Crippen LogP contribution in [0.5, 0.6) is 0 Å². The molecule has 3 heteroatoms. The number of rotatable bonds is 4. The average Bonchev–Trinajstić information content (AvgIpc) is 2.15. The normalized spacial score (nSPS) is 10.8. The molecule has 0 saturated carbocycles. The molecule has 0 aliphatic carbocycles. The molecule has 1 aromatic carbocycles. The second kappa shape index (κ2) is 4.92. The molecule has 0 fully saturated rings. The Balaban J connectivity index is 2.59. The molecule has 0 radical (unpaired) electrons. The van der Waals surface area contributed by atoms with Gasteiger partial charge in [0.1, 0.15) is 0 Å². The summed E-state index contributed by atoms with van der Waals surface area (Å²) in [5.41, 5.74) is 1.17. The van der Waals surface area contributed by atoms with Crippen molar-refractivity contribution in [1.29, 1.82) is 0 Å². The lowest BCUT2D eigenvalue weighted by atomic mass is 10.1. The fourth-order valence-electron chi connectivity index (χ4n) is 1.10. The largest absolute Gasteiger partial charge is 0.319 e. The zero-order chi connectivity index (χ0) is 9.68. The van der Waals surface area contributed by atoms with E-state index in [0.717, 1.165) is 18.5 Å². The first-order valence-electron chi connectivity index (χ1n) is 4.25. The molecular formula is C10H13F2N. The van der Waals surface area contributed by atoms with Gasteiger partial charge in [-0.3, -0.25) is 0 Å². The highest BCUT2D eigenvalue weighted by Crippen LogP contribution is 2.18. The molecule has 0 amide bonds. The van der Waals surface area contributed by atoms with Crippen LogP contribution in [0.2, 0.25) is 0 Å². The quantitative estimate of drug-likeness (QED) is 0.759. The summed E-state index contributed by atoms with van der Waals surface area (Å²) in [5.74, 6) is 0. The van der Waals surface area contributed by atoms with Crippen molar-refractivity contribution in [1.82, 2.24) is 5.32 Å². The summed E-state index contributed by atoms with van der Waals surface area (Å²) in [4.78, 5) is 0. The summed E-state index contributed by atoms with van der Waals surface area (Å²) in [6.45, 7) is 0.869. The van der Waals surface area contributed by atoms with Crippen LogP contribution in [0.4, 0.5) is 8.78 Å². The second-order valence-electron chi connectivity index (χ2n) is 2.90. The van der Waals surface area contributed by atoms with Crippen LogP contribution < -0.4 is 5.32 Å². The maximum atomic E-state index is 12.1. The van der Waals surface area contributed by atoms with E-state index in [1.807, 2.05) is 7.05 Å². The topological polar surface area (TPSA) is 12.0 Å². The Morgan fingerprint density at radius 3 is 2.31 bits per heavy atom. The predicted molar refractivity (Wildman–Crippen MR) is 49.0 cm³/mol. The Morgan fingerprint density at radius 2 is 1.85 bits per heavy atom. The van der Waals surface area contributed by atoms with Gasteiger partial charge >= 0.3 is 0 Å². The number of alkyl halides is 2. The van der Waals surface area contributed by atoms with Crippen molar-refractivity contribution < 1.29 is 8.78 Å². The van der Waals surface area contributed by atoms with E-state index in [9.17, 15) is 8.78 Å². The molecule has 0 aromatic heterocycles. The molecule has 0 heterocycles. The third kappa shape index (κ3) is 3.11. The van der Waals surface area contributed by atoms with Gasteiger partial charge in [0.15, 0.2) is 0 Å². The molecule has 0 unspecified atom stereocenters. The van der Waals surface area contributed by atoms with Gasteiger partial charge in [-0.05, 0) is 25.6 Å². The fraction of sp³-hybridized carbons (Fsp3) is 0.400. The lowest BCUT2D eigenvalue weighted by Crippen LogP contribution is -2.10. The lowest BCUT2D eigenvalue weighted by molar-refractivity contribution is 0.151. The summed E-state index contributed by atoms with van der Waals surface area (Å²) in [5, 5.41) is 3.01. The van der Waals surface area contributed by atoms with Crippen LogP contribution in [-0.2, 0) is 6.42 Å². The third-order valence-electron chi connectivity index (χ3n) is 1.90. The fourth-order valence-corrected chi connectivity index (χ4v) is 1.10. The van der Waals surface area contributed by atoms with Crippen LogP contribution in [0, 0.1) is 0 Å². The minimum atomic E-state index is -2.36. The van der Waals surface area contributed by atoms with Crippen molar-refractivity contribution in [2.45, 2.75) is 12.8 Å². The van der Waals surface area contributed by atoms with Crippen LogP contribution in [0.25, 0.3) is 0 Å². The summed E-state index contributed by atoms with van der Waals surface area (Å²) in [6.07, 6.45) is -1.49. The van der Waals surface area contributed by atoms with Crippen molar-refractivity contribution in [3.8, 4) is 0 Å². The first-order valence-corrected chi connectivity index (χ1v) is 4.25. The average molecular weight is 185 g/mol. The van der Waals surface area contributed by atoms with Crippen LogP contribution in [0.1, 0.15) is 17.6 Å².